The highest BCUT2D eigenvalue weighted by atomic mass is 16.2. The molecular weight excluding hydrogens is 208 g/mol. The van der Waals surface area contributed by atoms with E-state index in [2.05, 4.69) is 20.5 Å². The number of aromatic amines is 1. The van der Waals surface area contributed by atoms with Crippen LogP contribution in [0, 0.1) is 6.92 Å². The van der Waals surface area contributed by atoms with E-state index in [0.717, 1.165) is 6.42 Å². The van der Waals surface area contributed by atoms with E-state index in [1.54, 1.807) is 13.8 Å². The summed E-state index contributed by atoms with van der Waals surface area (Å²) in [7, 11) is 0. The van der Waals surface area contributed by atoms with Gasteiger partial charge in [-0.05, 0) is 20.3 Å². The monoisotopic (exact) mass is 224 g/mol. The van der Waals surface area contributed by atoms with E-state index in [1.807, 2.05) is 6.92 Å². The zero-order chi connectivity index (χ0) is 12.1. The maximum Gasteiger partial charge on any atom is 0.275 e. The first kappa shape index (κ1) is 12.4. The lowest BCUT2D eigenvalue weighted by Crippen LogP contribution is -2.32. The lowest BCUT2D eigenvalue weighted by Gasteiger charge is -2.11. The second kappa shape index (κ2) is 5.39. The number of amides is 1. The summed E-state index contributed by atoms with van der Waals surface area (Å²) in [6.45, 7) is 5.28. The first-order chi connectivity index (χ1) is 7.54. The number of carbonyl (C=O) groups is 1. The largest absolute Gasteiger partial charge is 0.348 e. The molecule has 1 unspecified atom stereocenters. The number of aryl methyl sites for hydroxylation is 1. The minimum atomic E-state index is -0.420. The summed E-state index contributed by atoms with van der Waals surface area (Å²) in [6.07, 6.45) is 1.22. The zero-order valence-electron chi connectivity index (χ0n) is 9.70. The molecule has 6 heteroatoms. The van der Waals surface area contributed by atoms with E-state index in [1.165, 1.54) is 0 Å². The molecule has 0 aliphatic carbocycles. The van der Waals surface area contributed by atoms with Gasteiger partial charge in [-0.15, -0.1) is 10.2 Å². The number of hydrogen-bond donors (Lipinski definition) is 2. The van der Waals surface area contributed by atoms with Gasteiger partial charge in [0, 0.05) is 6.42 Å². The molecule has 1 atom stereocenters. The van der Waals surface area contributed by atoms with E-state index in [4.69, 9.17) is 0 Å². The molecule has 1 amide bonds. The normalized spacial score (nSPS) is 12.2. The SMILES string of the molecule is CCCC(=O)NC(C)c1nnc(C)[nH]c1=O. The molecule has 1 aromatic rings. The Balaban J connectivity index is 2.77. The summed E-state index contributed by atoms with van der Waals surface area (Å²) >= 11 is 0. The number of hydrogen-bond acceptors (Lipinski definition) is 4. The summed E-state index contributed by atoms with van der Waals surface area (Å²) in [5.74, 6) is 0.373. The van der Waals surface area contributed by atoms with Crippen molar-refractivity contribution in [1.82, 2.24) is 20.5 Å². The maximum absolute atomic E-state index is 11.5. The average molecular weight is 224 g/mol. The number of nitrogens with zero attached hydrogens (tertiary/aromatic N) is 2. The Bertz CT molecular complexity index is 427. The van der Waals surface area contributed by atoms with Gasteiger partial charge in [0.15, 0.2) is 0 Å². The van der Waals surface area contributed by atoms with Crippen LogP contribution in [0.15, 0.2) is 4.79 Å². The Labute approximate surface area is 93.5 Å². The molecule has 6 nitrogen and oxygen atoms in total. The maximum atomic E-state index is 11.5. The summed E-state index contributed by atoms with van der Waals surface area (Å²) < 4.78 is 0. The number of carbonyl (C=O) groups excluding carboxylic acids is 1. The molecule has 0 fully saturated rings. The van der Waals surface area contributed by atoms with Gasteiger partial charge in [0.25, 0.3) is 5.56 Å². The fourth-order valence-corrected chi connectivity index (χ4v) is 1.32. The molecule has 0 spiro atoms. The van der Waals surface area contributed by atoms with Gasteiger partial charge in [-0.25, -0.2) is 0 Å². The zero-order valence-corrected chi connectivity index (χ0v) is 9.70. The van der Waals surface area contributed by atoms with Gasteiger partial charge in [-0.2, -0.15) is 0 Å². The third-order valence-electron chi connectivity index (χ3n) is 2.10. The van der Waals surface area contributed by atoms with E-state index in [9.17, 15) is 9.59 Å². The Morgan fingerprint density at radius 3 is 2.75 bits per heavy atom. The predicted octanol–water partition coefficient (Wildman–Crippen LogP) is 0.451. The van der Waals surface area contributed by atoms with Gasteiger partial charge in [0.05, 0.1) is 6.04 Å². The van der Waals surface area contributed by atoms with Crippen LogP contribution in [0.3, 0.4) is 0 Å². The van der Waals surface area contributed by atoms with Gasteiger partial charge in [0.2, 0.25) is 5.91 Å². The first-order valence-corrected chi connectivity index (χ1v) is 5.27. The Kier molecular flexibility index (Phi) is 4.16. The Morgan fingerprint density at radius 2 is 2.19 bits per heavy atom. The van der Waals surface area contributed by atoms with Crippen molar-refractivity contribution in [3.63, 3.8) is 0 Å². The molecule has 0 aliphatic heterocycles. The topological polar surface area (TPSA) is 87.7 Å². The second-order valence-corrected chi connectivity index (χ2v) is 3.66. The highest BCUT2D eigenvalue weighted by molar-refractivity contribution is 5.76. The van der Waals surface area contributed by atoms with Gasteiger partial charge in [0.1, 0.15) is 11.5 Å². The summed E-state index contributed by atoms with van der Waals surface area (Å²) in [4.78, 5) is 25.4. The molecular formula is C10H16N4O2. The molecule has 88 valence electrons. The van der Waals surface area contributed by atoms with Crippen LogP contribution in [-0.4, -0.2) is 21.1 Å². The van der Waals surface area contributed by atoms with Crippen molar-refractivity contribution in [1.29, 1.82) is 0 Å². The smallest absolute Gasteiger partial charge is 0.275 e. The number of rotatable bonds is 4. The van der Waals surface area contributed by atoms with Gasteiger partial charge in [-0.3, -0.25) is 9.59 Å². The molecule has 1 heterocycles. The van der Waals surface area contributed by atoms with Crippen molar-refractivity contribution in [2.75, 3.05) is 0 Å². The highest BCUT2D eigenvalue weighted by Crippen LogP contribution is 2.03. The van der Waals surface area contributed by atoms with Crippen molar-refractivity contribution in [2.45, 2.75) is 39.7 Å². The number of nitrogens with one attached hydrogen (secondary N) is 2. The van der Waals surface area contributed by atoms with Crippen LogP contribution in [0.25, 0.3) is 0 Å². The quantitative estimate of drug-likeness (QED) is 0.777. The lowest BCUT2D eigenvalue weighted by molar-refractivity contribution is -0.121. The third kappa shape index (κ3) is 3.15. The summed E-state index contributed by atoms with van der Waals surface area (Å²) in [5.41, 5.74) is -0.0770. The molecule has 0 aliphatic rings. The van der Waals surface area contributed by atoms with Gasteiger partial charge in [-0.1, -0.05) is 6.92 Å². The molecule has 0 aromatic carbocycles. The van der Waals surface area contributed by atoms with E-state index < -0.39 is 6.04 Å². The van der Waals surface area contributed by atoms with E-state index in [0.29, 0.717) is 12.2 Å². The Morgan fingerprint density at radius 1 is 1.50 bits per heavy atom. The minimum Gasteiger partial charge on any atom is -0.348 e. The molecule has 1 rings (SSSR count). The van der Waals surface area contributed by atoms with Gasteiger partial charge >= 0.3 is 0 Å². The fraction of sp³-hybridized carbons (Fsp3) is 0.600. The van der Waals surface area contributed by atoms with Crippen molar-refractivity contribution < 1.29 is 4.79 Å². The van der Waals surface area contributed by atoms with Crippen LogP contribution < -0.4 is 10.9 Å². The summed E-state index contributed by atoms with van der Waals surface area (Å²) in [5, 5.41) is 10.2. The standard InChI is InChI=1S/C10H16N4O2/c1-4-5-8(15)11-6(2)9-10(16)12-7(3)13-14-9/h6H,4-5H2,1-3H3,(H,11,15)(H,12,13,16). The molecule has 2 N–H and O–H groups in total. The predicted molar refractivity (Wildman–Crippen MR) is 58.9 cm³/mol. The van der Waals surface area contributed by atoms with Crippen LogP contribution in [0.2, 0.25) is 0 Å². The van der Waals surface area contributed by atoms with Gasteiger partial charge < -0.3 is 10.3 Å². The van der Waals surface area contributed by atoms with Crippen molar-refractivity contribution >= 4 is 5.91 Å². The fourth-order valence-electron chi connectivity index (χ4n) is 1.32. The summed E-state index contributed by atoms with van der Waals surface area (Å²) in [6, 6.07) is -0.420. The first-order valence-electron chi connectivity index (χ1n) is 5.27. The molecule has 0 bridgehead atoms. The van der Waals surface area contributed by atoms with Crippen molar-refractivity contribution in [3.8, 4) is 0 Å². The third-order valence-corrected chi connectivity index (χ3v) is 2.10. The van der Waals surface area contributed by atoms with E-state index >= 15 is 0 Å². The minimum absolute atomic E-state index is 0.0863. The van der Waals surface area contributed by atoms with Crippen molar-refractivity contribution in [3.05, 3.63) is 21.9 Å². The van der Waals surface area contributed by atoms with Crippen LogP contribution in [0.4, 0.5) is 0 Å². The van der Waals surface area contributed by atoms with Crippen molar-refractivity contribution in [2.24, 2.45) is 0 Å². The Hall–Kier alpha value is -1.72. The molecule has 0 saturated heterocycles. The molecule has 16 heavy (non-hydrogen) atoms. The number of aromatic nitrogens is 3. The number of H-pyrrole nitrogens is 1. The van der Waals surface area contributed by atoms with Crippen LogP contribution in [0.1, 0.15) is 44.2 Å². The van der Waals surface area contributed by atoms with Crippen LogP contribution in [0.5, 0.6) is 0 Å². The second-order valence-electron chi connectivity index (χ2n) is 3.66. The van der Waals surface area contributed by atoms with E-state index in [-0.39, 0.29) is 17.2 Å². The van der Waals surface area contributed by atoms with Crippen LogP contribution >= 0.6 is 0 Å². The van der Waals surface area contributed by atoms with Crippen LogP contribution in [-0.2, 0) is 4.79 Å². The molecule has 0 radical (unpaired) electrons. The highest BCUT2D eigenvalue weighted by Gasteiger charge is 2.14. The lowest BCUT2D eigenvalue weighted by atomic mass is 10.2. The molecule has 1 aromatic heterocycles. The molecule has 0 saturated carbocycles. The average Bonchev–Trinajstić information content (AvgIpc) is 2.17.